The summed E-state index contributed by atoms with van der Waals surface area (Å²) in [5, 5.41) is 3.01. The average molecular weight is 326 g/mol. The maximum atomic E-state index is 13.0. The summed E-state index contributed by atoms with van der Waals surface area (Å²) in [6, 6.07) is 14.7. The SMILES string of the molecule is C[C@@H](NC(=O)CN1c2ccccc2CC[C@@H]1C)c1ccc(F)cc1. The van der Waals surface area contributed by atoms with Crippen LogP contribution in [0, 0.1) is 5.82 Å². The van der Waals surface area contributed by atoms with Gasteiger partial charge in [0.2, 0.25) is 5.91 Å². The normalized spacial score (nSPS) is 18.0. The summed E-state index contributed by atoms with van der Waals surface area (Å²) >= 11 is 0. The molecule has 2 aromatic rings. The van der Waals surface area contributed by atoms with Crippen LogP contribution in [-0.2, 0) is 11.2 Å². The second-order valence-electron chi connectivity index (χ2n) is 6.49. The van der Waals surface area contributed by atoms with E-state index in [1.807, 2.05) is 19.1 Å². The standard InChI is InChI=1S/C20H23FN2O/c1-14-7-8-17-5-3-4-6-19(17)23(14)13-20(24)22-15(2)16-9-11-18(21)12-10-16/h3-6,9-12,14-15H,7-8,13H2,1-2H3,(H,22,24)/t14-,15+/m0/s1. The Morgan fingerprint density at radius 2 is 1.96 bits per heavy atom. The Kier molecular flexibility index (Phi) is 4.84. The van der Waals surface area contributed by atoms with Crippen LogP contribution in [0.1, 0.15) is 37.4 Å². The molecule has 24 heavy (non-hydrogen) atoms. The van der Waals surface area contributed by atoms with Gasteiger partial charge in [0, 0.05) is 11.7 Å². The number of rotatable bonds is 4. The van der Waals surface area contributed by atoms with Gasteiger partial charge in [-0.2, -0.15) is 0 Å². The summed E-state index contributed by atoms with van der Waals surface area (Å²) in [4.78, 5) is 14.7. The zero-order chi connectivity index (χ0) is 17.1. The number of hydrogen-bond acceptors (Lipinski definition) is 2. The fraction of sp³-hybridized carbons (Fsp3) is 0.350. The second-order valence-corrected chi connectivity index (χ2v) is 6.49. The third kappa shape index (κ3) is 3.58. The van der Waals surface area contributed by atoms with E-state index in [1.54, 1.807) is 12.1 Å². The lowest BCUT2D eigenvalue weighted by molar-refractivity contribution is -0.120. The molecular formula is C20H23FN2O. The summed E-state index contributed by atoms with van der Waals surface area (Å²) in [5.74, 6) is -0.286. The second kappa shape index (κ2) is 7.04. The van der Waals surface area contributed by atoms with Crippen molar-refractivity contribution in [2.45, 2.75) is 38.8 Å². The number of carbonyl (C=O) groups excluding carboxylic acids is 1. The number of nitrogens with zero attached hydrogens (tertiary/aromatic N) is 1. The molecule has 126 valence electrons. The van der Waals surface area contributed by atoms with E-state index in [-0.39, 0.29) is 17.8 Å². The van der Waals surface area contributed by atoms with Crippen LogP contribution in [0.15, 0.2) is 48.5 Å². The lowest BCUT2D eigenvalue weighted by Gasteiger charge is -2.36. The van der Waals surface area contributed by atoms with Gasteiger partial charge in [-0.1, -0.05) is 30.3 Å². The third-order valence-corrected chi connectivity index (χ3v) is 4.73. The molecule has 4 heteroatoms. The zero-order valence-corrected chi connectivity index (χ0v) is 14.1. The third-order valence-electron chi connectivity index (χ3n) is 4.73. The Labute approximate surface area is 142 Å². The summed E-state index contributed by atoms with van der Waals surface area (Å²) in [7, 11) is 0. The summed E-state index contributed by atoms with van der Waals surface area (Å²) < 4.78 is 13.0. The first kappa shape index (κ1) is 16.5. The molecule has 1 aliphatic heterocycles. The van der Waals surface area contributed by atoms with E-state index >= 15 is 0 Å². The van der Waals surface area contributed by atoms with Crippen LogP contribution in [0.3, 0.4) is 0 Å². The zero-order valence-electron chi connectivity index (χ0n) is 14.1. The van der Waals surface area contributed by atoms with E-state index in [1.165, 1.54) is 17.7 Å². The number of benzene rings is 2. The average Bonchev–Trinajstić information content (AvgIpc) is 2.58. The smallest absolute Gasteiger partial charge is 0.240 e. The first-order valence-electron chi connectivity index (χ1n) is 8.44. The predicted octanol–water partition coefficient (Wildman–Crippen LogP) is 3.84. The van der Waals surface area contributed by atoms with Gasteiger partial charge in [0.05, 0.1) is 12.6 Å². The molecule has 0 aromatic heterocycles. The molecule has 0 saturated carbocycles. The maximum Gasteiger partial charge on any atom is 0.240 e. The van der Waals surface area contributed by atoms with E-state index in [2.05, 4.69) is 29.3 Å². The summed E-state index contributed by atoms with van der Waals surface area (Å²) in [6.07, 6.45) is 2.11. The van der Waals surface area contributed by atoms with Gasteiger partial charge in [-0.3, -0.25) is 4.79 Å². The number of halogens is 1. The molecule has 1 heterocycles. The number of nitrogens with one attached hydrogen (secondary N) is 1. The minimum atomic E-state index is -0.268. The Hall–Kier alpha value is -2.36. The van der Waals surface area contributed by atoms with Crippen LogP contribution in [0.5, 0.6) is 0 Å². The van der Waals surface area contributed by atoms with Crippen molar-refractivity contribution in [2.24, 2.45) is 0 Å². The van der Waals surface area contributed by atoms with Gasteiger partial charge in [0.15, 0.2) is 0 Å². The summed E-state index contributed by atoms with van der Waals surface area (Å²) in [6.45, 7) is 4.41. The number of para-hydroxylation sites is 1. The van der Waals surface area contributed by atoms with Gasteiger partial charge >= 0.3 is 0 Å². The van der Waals surface area contributed by atoms with E-state index in [9.17, 15) is 9.18 Å². The van der Waals surface area contributed by atoms with Crippen molar-refractivity contribution in [2.75, 3.05) is 11.4 Å². The largest absolute Gasteiger partial charge is 0.359 e. The highest BCUT2D eigenvalue weighted by Gasteiger charge is 2.24. The lowest BCUT2D eigenvalue weighted by Crippen LogP contribution is -2.44. The van der Waals surface area contributed by atoms with Gasteiger partial charge in [0.1, 0.15) is 5.82 Å². The maximum absolute atomic E-state index is 13.0. The Morgan fingerprint density at radius 3 is 2.71 bits per heavy atom. The summed E-state index contributed by atoms with van der Waals surface area (Å²) in [5.41, 5.74) is 3.35. The Balaban J connectivity index is 1.67. The van der Waals surface area contributed by atoms with Crippen molar-refractivity contribution < 1.29 is 9.18 Å². The number of hydrogen-bond donors (Lipinski definition) is 1. The fourth-order valence-corrected chi connectivity index (χ4v) is 3.28. The van der Waals surface area contributed by atoms with Crippen LogP contribution in [0.25, 0.3) is 0 Å². The monoisotopic (exact) mass is 326 g/mol. The molecule has 0 saturated heterocycles. The molecule has 3 nitrogen and oxygen atoms in total. The predicted molar refractivity (Wildman–Crippen MR) is 94.5 cm³/mol. The van der Waals surface area contributed by atoms with Crippen molar-refractivity contribution in [3.63, 3.8) is 0 Å². The van der Waals surface area contributed by atoms with Crippen LogP contribution in [0.4, 0.5) is 10.1 Å². The molecule has 3 rings (SSSR count). The molecule has 0 spiro atoms. The highest BCUT2D eigenvalue weighted by molar-refractivity contribution is 5.82. The van der Waals surface area contributed by atoms with Gasteiger partial charge in [-0.25, -0.2) is 4.39 Å². The number of carbonyl (C=O) groups is 1. The van der Waals surface area contributed by atoms with Gasteiger partial charge < -0.3 is 10.2 Å². The van der Waals surface area contributed by atoms with Crippen molar-refractivity contribution in [1.29, 1.82) is 0 Å². The molecular weight excluding hydrogens is 303 g/mol. The van der Waals surface area contributed by atoms with E-state index < -0.39 is 0 Å². The van der Waals surface area contributed by atoms with Gasteiger partial charge in [-0.15, -0.1) is 0 Å². The molecule has 1 amide bonds. The Morgan fingerprint density at radius 1 is 1.25 bits per heavy atom. The Bertz CT molecular complexity index is 714. The van der Waals surface area contributed by atoms with Crippen molar-refractivity contribution in [1.82, 2.24) is 5.32 Å². The molecule has 2 aromatic carbocycles. The van der Waals surface area contributed by atoms with Gasteiger partial charge in [-0.05, 0) is 56.0 Å². The molecule has 0 bridgehead atoms. The van der Waals surface area contributed by atoms with Crippen LogP contribution in [-0.4, -0.2) is 18.5 Å². The molecule has 1 N–H and O–H groups in total. The van der Waals surface area contributed by atoms with Crippen molar-refractivity contribution >= 4 is 11.6 Å². The van der Waals surface area contributed by atoms with Crippen LogP contribution in [0.2, 0.25) is 0 Å². The highest BCUT2D eigenvalue weighted by Crippen LogP contribution is 2.30. The van der Waals surface area contributed by atoms with Crippen LogP contribution >= 0.6 is 0 Å². The number of anilines is 1. The van der Waals surface area contributed by atoms with E-state index in [4.69, 9.17) is 0 Å². The first-order chi connectivity index (χ1) is 11.5. The molecule has 0 aliphatic carbocycles. The molecule has 0 radical (unpaired) electrons. The first-order valence-corrected chi connectivity index (χ1v) is 8.44. The van der Waals surface area contributed by atoms with Crippen molar-refractivity contribution in [3.8, 4) is 0 Å². The number of amides is 1. The fourth-order valence-electron chi connectivity index (χ4n) is 3.28. The number of fused-ring (bicyclic) bond motifs is 1. The molecule has 1 aliphatic rings. The minimum absolute atomic E-state index is 0.0182. The quantitative estimate of drug-likeness (QED) is 0.926. The molecule has 2 atom stereocenters. The van der Waals surface area contributed by atoms with E-state index in [0.717, 1.165) is 24.1 Å². The minimum Gasteiger partial charge on any atom is -0.359 e. The lowest BCUT2D eigenvalue weighted by atomic mass is 9.96. The van der Waals surface area contributed by atoms with Gasteiger partial charge in [0.25, 0.3) is 0 Å². The van der Waals surface area contributed by atoms with Crippen molar-refractivity contribution in [3.05, 3.63) is 65.5 Å². The molecule has 0 fully saturated rings. The highest BCUT2D eigenvalue weighted by atomic mass is 19.1. The van der Waals surface area contributed by atoms with E-state index in [0.29, 0.717) is 12.6 Å². The van der Waals surface area contributed by atoms with Crippen LogP contribution < -0.4 is 10.2 Å². The number of aryl methyl sites for hydroxylation is 1. The molecule has 0 unspecified atom stereocenters. The topological polar surface area (TPSA) is 32.3 Å².